The molecule has 0 aliphatic heterocycles. The molecule has 92 valence electrons. The number of ketones is 1. The van der Waals surface area contributed by atoms with Crippen molar-refractivity contribution in [2.24, 2.45) is 5.73 Å². The maximum absolute atomic E-state index is 12.0. The van der Waals surface area contributed by atoms with Crippen molar-refractivity contribution in [2.45, 2.75) is 18.9 Å². The Morgan fingerprint density at radius 2 is 1.83 bits per heavy atom. The predicted molar refractivity (Wildman–Crippen MR) is 71.3 cm³/mol. The van der Waals surface area contributed by atoms with Crippen molar-refractivity contribution in [3.05, 3.63) is 66.0 Å². The number of carbonyl (C=O) groups is 1. The van der Waals surface area contributed by atoms with Crippen LogP contribution in [0, 0.1) is 0 Å². The molecule has 1 heterocycles. The maximum Gasteiger partial charge on any atom is 0.197 e. The summed E-state index contributed by atoms with van der Waals surface area (Å²) in [5.41, 5.74) is 7.55. The highest BCUT2D eigenvalue weighted by Gasteiger charge is 2.16. The monoisotopic (exact) mass is 240 g/mol. The van der Waals surface area contributed by atoms with Gasteiger partial charge in [-0.3, -0.25) is 9.78 Å². The number of Topliss-reactive ketones (excluding diaryl/α,β-unsaturated/α-hetero) is 1. The van der Waals surface area contributed by atoms with Gasteiger partial charge in [-0.1, -0.05) is 36.4 Å². The lowest BCUT2D eigenvalue weighted by molar-refractivity contribution is 0.0952. The zero-order chi connectivity index (χ0) is 12.8. The fourth-order valence-corrected chi connectivity index (χ4v) is 1.80. The number of rotatable bonds is 5. The molecule has 1 atom stereocenters. The lowest BCUT2D eigenvalue weighted by Crippen LogP contribution is -2.31. The highest BCUT2D eigenvalue weighted by atomic mass is 16.1. The molecule has 2 rings (SSSR count). The van der Waals surface area contributed by atoms with Crippen LogP contribution in [0.4, 0.5) is 0 Å². The van der Waals surface area contributed by atoms with Crippen LogP contribution in [0.5, 0.6) is 0 Å². The molecule has 0 fully saturated rings. The van der Waals surface area contributed by atoms with E-state index in [0.717, 1.165) is 6.42 Å². The van der Waals surface area contributed by atoms with Crippen LogP contribution in [0.1, 0.15) is 22.5 Å². The molecular weight excluding hydrogens is 224 g/mol. The molecule has 0 spiro atoms. The van der Waals surface area contributed by atoms with Gasteiger partial charge in [-0.25, -0.2) is 0 Å². The first-order valence-electron chi connectivity index (χ1n) is 6.02. The van der Waals surface area contributed by atoms with Gasteiger partial charge < -0.3 is 5.73 Å². The van der Waals surface area contributed by atoms with Gasteiger partial charge in [0.2, 0.25) is 0 Å². The van der Waals surface area contributed by atoms with Gasteiger partial charge in [0.15, 0.2) is 5.78 Å². The highest BCUT2D eigenvalue weighted by molar-refractivity contribution is 5.98. The van der Waals surface area contributed by atoms with E-state index in [1.54, 1.807) is 24.4 Å². The SMILES string of the molecule is NC(CCc1ccccc1)C(=O)c1ccccn1. The fraction of sp³-hybridized carbons (Fsp3) is 0.200. The first-order chi connectivity index (χ1) is 8.77. The summed E-state index contributed by atoms with van der Waals surface area (Å²) in [5, 5.41) is 0. The quantitative estimate of drug-likeness (QED) is 0.815. The Hall–Kier alpha value is -2.00. The topological polar surface area (TPSA) is 56.0 Å². The first-order valence-corrected chi connectivity index (χ1v) is 6.02. The molecule has 0 aliphatic carbocycles. The second-order valence-electron chi connectivity index (χ2n) is 4.21. The smallest absolute Gasteiger partial charge is 0.197 e. The summed E-state index contributed by atoms with van der Waals surface area (Å²) >= 11 is 0. The maximum atomic E-state index is 12.0. The summed E-state index contributed by atoms with van der Waals surface area (Å²) in [5.74, 6) is -0.0912. The molecule has 1 aromatic carbocycles. The zero-order valence-electron chi connectivity index (χ0n) is 10.1. The van der Waals surface area contributed by atoms with Crippen LogP contribution in [0.2, 0.25) is 0 Å². The van der Waals surface area contributed by atoms with Gasteiger partial charge in [0, 0.05) is 6.20 Å². The lowest BCUT2D eigenvalue weighted by Gasteiger charge is -2.09. The summed E-state index contributed by atoms with van der Waals surface area (Å²) < 4.78 is 0. The van der Waals surface area contributed by atoms with Gasteiger partial charge in [0.25, 0.3) is 0 Å². The van der Waals surface area contributed by atoms with E-state index in [-0.39, 0.29) is 5.78 Å². The van der Waals surface area contributed by atoms with Gasteiger partial charge >= 0.3 is 0 Å². The van der Waals surface area contributed by atoms with E-state index in [9.17, 15) is 4.79 Å². The Labute approximate surface area is 107 Å². The molecule has 3 nitrogen and oxygen atoms in total. The van der Waals surface area contributed by atoms with Crippen molar-refractivity contribution < 1.29 is 4.79 Å². The number of nitrogens with zero attached hydrogens (tertiary/aromatic N) is 1. The van der Waals surface area contributed by atoms with Crippen molar-refractivity contribution >= 4 is 5.78 Å². The van der Waals surface area contributed by atoms with E-state index < -0.39 is 6.04 Å². The Morgan fingerprint density at radius 3 is 2.50 bits per heavy atom. The van der Waals surface area contributed by atoms with Crippen LogP contribution in [0.15, 0.2) is 54.7 Å². The summed E-state index contributed by atoms with van der Waals surface area (Å²) in [7, 11) is 0. The van der Waals surface area contributed by atoms with Crippen molar-refractivity contribution in [1.29, 1.82) is 0 Å². The molecule has 0 saturated heterocycles. The van der Waals surface area contributed by atoms with Gasteiger partial charge in [-0.15, -0.1) is 0 Å². The number of nitrogens with two attached hydrogens (primary N) is 1. The molecule has 0 amide bonds. The molecule has 2 N–H and O–H groups in total. The number of aryl methyl sites for hydroxylation is 1. The Kier molecular flexibility index (Phi) is 4.20. The minimum Gasteiger partial charge on any atom is -0.321 e. The summed E-state index contributed by atoms with van der Waals surface area (Å²) in [4.78, 5) is 16.0. The van der Waals surface area contributed by atoms with Crippen molar-refractivity contribution in [2.75, 3.05) is 0 Å². The van der Waals surface area contributed by atoms with E-state index in [2.05, 4.69) is 4.98 Å². The number of benzene rings is 1. The molecule has 2 aromatic rings. The number of hydrogen-bond acceptors (Lipinski definition) is 3. The minimum absolute atomic E-state index is 0.0912. The van der Waals surface area contributed by atoms with E-state index >= 15 is 0 Å². The second-order valence-corrected chi connectivity index (χ2v) is 4.21. The molecular formula is C15H16N2O. The number of hydrogen-bond donors (Lipinski definition) is 1. The van der Waals surface area contributed by atoms with Crippen molar-refractivity contribution in [3.8, 4) is 0 Å². The molecule has 0 aliphatic rings. The van der Waals surface area contributed by atoms with Crippen molar-refractivity contribution in [1.82, 2.24) is 4.98 Å². The largest absolute Gasteiger partial charge is 0.321 e. The van der Waals surface area contributed by atoms with Crippen LogP contribution in [0.25, 0.3) is 0 Å². The highest BCUT2D eigenvalue weighted by Crippen LogP contribution is 2.07. The number of aromatic nitrogens is 1. The van der Waals surface area contributed by atoms with E-state index in [1.165, 1.54) is 5.56 Å². The van der Waals surface area contributed by atoms with Crippen LogP contribution in [-0.2, 0) is 6.42 Å². The van der Waals surface area contributed by atoms with Gasteiger partial charge in [0.1, 0.15) is 5.69 Å². The molecule has 18 heavy (non-hydrogen) atoms. The Bertz CT molecular complexity index is 496. The minimum atomic E-state index is -0.486. The fourth-order valence-electron chi connectivity index (χ4n) is 1.80. The van der Waals surface area contributed by atoms with E-state index in [1.807, 2.05) is 30.3 Å². The summed E-state index contributed by atoms with van der Waals surface area (Å²) in [6.07, 6.45) is 3.05. The third-order valence-electron chi connectivity index (χ3n) is 2.84. The van der Waals surface area contributed by atoms with E-state index in [0.29, 0.717) is 12.1 Å². The lowest BCUT2D eigenvalue weighted by atomic mass is 10.0. The van der Waals surface area contributed by atoms with Crippen LogP contribution in [0.3, 0.4) is 0 Å². The molecule has 1 unspecified atom stereocenters. The predicted octanol–water partition coefficient (Wildman–Crippen LogP) is 2.22. The molecule has 1 aromatic heterocycles. The van der Waals surface area contributed by atoms with Crippen LogP contribution in [-0.4, -0.2) is 16.8 Å². The number of pyridine rings is 1. The van der Waals surface area contributed by atoms with Gasteiger partial charge in [-0.2, -0.15) is 0 Å². The third kappa shape index (κ3) is 3.25. The van der Waals surface area contributed by atoms with Gasteiger partial charge in [0.05, 0.1) is 6.04 Å². The van der Waals surface area contributed by atoms with Crippen LogP contribution >= 0.6 is 0 Å². The molecule has 0 saturated carbocycles. The zero-order valence-corrected chi connectivity index (χ0v) is 10.1. The molecule has 0 bridgehead atoms. The summed E-state index contributed by atoms with van der Waals surface area (Å²) in [6, 6.07) is 14.8. The third-order valence-corrected chi connectivity index (χ3v) is 2.84. The van der Waals surface area contributed by atoms with E-state index in [4.69, 9.17) is 5.73 Å². The summed E-state index contributed by atoms with van der Waals surface area (Å²) in [6.45, 7) is 0. The Morgan fingerprint density at radius 1 is 1.11 bits per heavy atom. The average Bonchev–Trinajstić information content (AvgIpc) is 2.46. The standard InChI is InChI=1S/C15H16N2O/c16-13(10-9-12-6-2-1-3-7-12)15(18)14-8-4-5-11-17-14/h1-8,11,13H,9-10,16H2. The number of carbonyl (C=O) groups excluding carboxylic acids is 1. The molecule has 0 radical (unpaired) electrons. The van der Waals surface area contributed by atoms with Crippen molar-refractivity contribution in [3.63, 3.8) is 0 Å². The Balaban J connectivity index is 1.93. The normalized spacial score (nSPS) is 12.1. The first kappa shape index (κ1) is 12.5. The van der Waals surface area contributed by atoms with Gasteiger partial charge in [-0.05, 0) is 30.5 Å². The average molecular weight is 240 g/mol. The molecule has 3 heteroatoms. The second kappa shape index (κ2) is 6.07. The van der Waals surface area contributed by atoms with Crippen LogP contribution < -0.4 is 5.73 Å².